The van der Waals surface area contributed by atoms with Gasteiger partial charge in [-0.25, -0.2) is 9.59 Å². The lowest BCUT2D eigenvalue weighted by molar-refractivity contribution is -0.387. The summed E-state index contributed by atoms with van der Waals surface area (Å²) in [6, 6.07) is 28.3. The minimum absolute atomic E-state index is 0.0536. The van der Waals surface area contributed by atoms with E-state index in [1.165, 1.54) is 6.07 Å². The SMILES string of the molecule is O=C(NC(Cc1c(Sc2ccccc2[N+](=O)[O-])[nH]c2ccccc12)C(=O)O)OCC1c2ccccc2-c2ccccc21. The zero-order chi connectivity index (χ0) is 29.2. The number of benzene rings is 4. The number of amides is 1. The van der Waals surface area contributed by atoms with Crippen LogP contribution in [0.1, 0.15) is 22.6 Å². The molecule has 1 heterocycles. The first-order valence-electron chi connectivity index (χ1n) is 13.3. The predicted molar refractivity (Wildman–Crippen MR) is 159 cm³/mol. The van der Waals surface area contributed by atoms with Crippen molar-refractivity contribution < 1.29 is 24.4 Å². The molecule has 0 bridgehead atoms. The molecule has 1 aliphatic carbocycles. The van der Waals surface area contributed by atoms with Gasteiger partial charge in [0, 0.05) is 29.3 Å². The van der Waals surface area contributed by atoms with Gasteiger partial charge in [0.05, 0.1) is 14.8 Å². The number of hydrogen-bond acceptors (Lipinski definition) is 6. The molecule has 1 atom stereocenters. The molecule has 0 saturated carbocycles. The zero-order valence-corrected chi connectivity index (χ0v) is 23.0. The van der Waals surface area contributed by atoms with E-state index < -0.39 is 23.0 Å². The Morgan fingerprint density at radius 3 is 2.24 bits per heavy atom. The molecule has 9 nitrogen and oxygen atoms in total. The van der Waals surface area contributed by atoms with E-state index in [0.29, 0.717) is 15.5 Å². The normalized spacial score (nSPS) is 12.9. The lowest BCUT2D eigenvalue weighted by atomic mass is 9.98. The van der Waals surface area contributed by atoms with E-state index in [0.717, 1.165) is 44.9 Å². The smallest absolute Gasteiger partial charge is 0.407 e. The van der Waals surface area contributed by atoms with Gasteiger partial charge in [-0.2, -0.15) is 0 Å². The van der Waals surface area contributed by atoms with Crippen molar-refractivity contribution >= 4 is 40.4 Å². The Labute approximate surface area is 244 Å². The Bertz CT molecular complexity index is 1790. The van der Waals surface area contributed by atoms with Gasteiger partial charge in [0.2, 0.25) is 0 Å². The molecule has 0 fully saturated rings. The highest BCUT2D eigenvalue weighted by molar-refractivity contribution is 7.99. The summed E-state index contributed by atoms with van der Waals surface area (Å²) in [4.78, 5) is 40.1. The quantitative estimate of drug-likeness (QED) is 0.130. The van der Waals surface area contributed by atoms with Gasteiger partial charge in [0.1, 0.15) is 12.6 Å². The van der Waals surface area contributed by atoms with Gasteiger partial charge in [-0.05, 0) is 39.9 Å². The Morgan fingerprint density at radius 1 is 0.929 bits per heavy atom. The van der Waals surface area contributed by atoms with E-state index in [4.69, 9.17) is 4.74 Å². The number of nitro groups is 1. The number of alkyl carbamates (subject to hydrolysis) is 1. The van der Waals surface area contributed by atoms with E-state index in [-0.39, 0.29) is 24.6 Å². The third-order valence-corrected chi connectivity index (χ3v) is 8.51. The molecular weight excluding hydrogens is 554 g/mol. The summed E-state index contributed by atoms with van der Waals surface area (Å²) in [5.41, 5.74) is 5.60. The molecule has 5 aromatic rings. The van der Waals surface area contributed by atoms with Crippen molar-refractivity contribution in [3.63, 3.8) is 0 Å². The highest BCUT2D eigenvalue weighted by Gasteiger charge is 2.30. The Hall–Kier alpha value is -5.09. The maximum atomic E-state index is 12.9. The molecule has 210 valence electrons. The second-order valence-corrected chi connectivity index (χ2v) is 10.9. The molecule has 0 radical (unpaired) electrons. The third kappa shape index (κ3) is 5.19. The number of para-hydroxylation sites is 2. The number of carbonyl (C=O) groups is 2. The topological polar surface area (TPSA) is 135 Å². The lowest BCUT2D eigenvalue weighted by Crippen LogP contribution is -2.43. The molecule has 0 spiro atoms. The second-order valence-electron chi connectivity index (χ2n) is 9.87. The van der Waals surface area contributed by atoms with E-state index in [9.17, 15) is 24.8 Å². The number of carboxylic acid groups (broad SMARTS) is 1. The van der Waals surface area contributed by atoms with Crippen molar-refractivity contribution in [1.82, 2.24) is 10.3 Å². The minimum atomic E-state index is -1.30. The van der Waals surface area contributed by atoms with Crippen LogP contribution in [0.4, 0.5) is 10.5 Å². The summed E-state index contributed by atoms with van der Waals surface area (Å²) < 4.78 is 5.59. The van der Waals surface area contributed by atoms with Gasteiger partial charge >= 0.3 is 12.1 Å². The number of aromatic nitrogens is 1. The molecule has 0 saturated heterocycles. The van der Waals surface area contributed by atoms with Gasteiger partial charge in [-0.3, -0.25) is 10.1 Å². The zero-order valence-electron chi connectivity index (χ0n) is 22.2. The molecule has 10 heteroatoms. The number of carboxylic acids is 1. The van der Waals surface area contributed by atoms with Gasteiger partial charge in [0.15, 0.2) is 0 Å². The third-order valence-electron chi connectivity index (χ3n) is 7.39. The number of fused-ring (bicyclic) bond motifs is 4. The summed E-state index contributed by atoms with van der Waals surface area (Å²) in [5.74, 6) is -1.39. The van der Waals surface area contributed by atoms with Crippen LogP contribution in [0.25, 0.3) is 22.0 Å². The molecular formula is C32H25N3O6S. The number of nitrogens with one attached hydrogen (secondary N) is 2. The molecule has 1 amide bonds. The Balaban J connectivity index is 1.22. The summed E-state index contributed by atoms with van der Waals surface area (Å²) in [7, 11) is 0. The Morgan fingerprint density at radius 2 is 1.55 bits per heavy atom. The van der Waals surface area contributed by atoms with Crippen LogP contribution in [0.5, 0.6) is 0 Å². The molecule has 4 aromatic carbocycles. The van der Waals surface area contributed by atoms with Crippen LogP contribution in [0.15, 0.2) is 107 Å². The van der Waals surface area contributed by atoms with Crippen molar-refractivity contribution in [2.45, 2.75) is 28.3 Å². The van der Waals surface area contributed by atoms with E-state index in [2.05, 4.69) is 10.3 Å². The number of rotatable bonds is 9. The highest BCUT2D eigenvalue weighted by Crippen LogP contribution is 2.44. The molecule has 1 aliphatic rings. The number of hydrogen-bond donors (Lipinski definition) is 3. The van der Waals surface area contributed by atoms with Crippen LogP contribution in [-0.4, -0.2) is 39.7 Å². The predicted octanol–water partition coefficient (Wildman–Crippen LogP) is 6.76. The first kappa shape index (κ1) is 27.1. The van der Waals surface area contributed by atoms with E-state index in [1.807, 2.05) is 72.8 Å². The van der Waals surface area contributed by atoms with Crippen LogP contribution in [-0.2, 0) is 16.0 Å². The Kier molecular flexibility index (Phi) is 7.37. The molecule has 1 aromatic heterocycles. The van der Waals surface area contributed by atoms with Crippen molar-refractivity contribution in [2.75, 3.05) is 6.61 Å². The highest BCUT2D eigenvalue weighted by atomic mass is 32.2. The van der Waals surface area contributed by atoms with Crippen molar-refractivity contribution in [2.24, 2.45) is 0 Å². The number of aliphatic carboxylic acids is 1. The van der Waals surface area contributed by atoms with Gasteiger partial charge in [-0.1, -0.05) is 90.6 Å². The van der Waals surface area contributed by atoms with Crippen LogP contribution < -0.4 is 5.32 Å². The van der Waals surface area contributed by atoms with Gasteiger partial charge < -0.3 is 20.1 Å². The summed E-state index contributed by atoms with van der Waals surface area (Å²) in [6.07, 6.45) is -0.899. The first-order valence-corrected chi connectivity index (χ1v) is 14.1. The molecule has 0 aliphatic heterocycles. The summed E-state index contributed by atoms with van der Waals surface area (Å²) >= 11 is 1.15. The van der Waals surface area contributed by atoms with E-state index in [1.54, 1.807) is 18.2 Å². The fourth-order valence-corrected chi connectivity index (χ4v) is 6.55. The lowest BCUT2D eigenvalue weighted by Gasteiger charge is -2.18. The van der Waals surface area contributed by atoms with Crippen molar-refractivity contribution in [3.8, 4) is 11.1 Å². The monoisotopic (exact) mass is 579 g/mol. The van der Waals surface area contributed by atoms with Crippen molar-refractivity contribution in [3.05, 3.63) is 124 Å². The van der Waals surface area contributed by atoms with Crippen molar-refractivity contribution in [1.29, 1.82) is 0 Å². The summed E-state index contributed by atoms with van der Waals surface area (Å²) in [5, 5.41) is 25.5. The fourth-order valence-electron chi connectivity index (χ4n) is 5.46. The van der Waals surface area contributed by atoms with Crippen LogP contribution >= 0.6 is 11.8 Å². The van der Waals surface area contributed by atoms with Crippen LogP contribution in [0, 0.1) is 10.1 Å². The minimum Gasteiger partial charge on any atom is -0.480 e. The number of aromatic amines is 1. The van der Waals surface area contributed by atoms with Gasteiger partial charge in [-0.15, -0.1) is 0 Å². The van der Waals surface area contributed by atoms with Crippen LogP contribution in [0.3, 0.4) is 0 Å². The maximum absolute atomic E-state index is 12.9. The average molecular weight is 580 g/mol. The molecule has 1 unspecified atom stereocenters. The number of ether oxygens (including phenoxy) is 1. The second kappa shape index (κ2) is 11.4. The molecule has 3 N–H and O–H groups in total. The molecule has 42 heavy (non-hydrogen) atoms. The number of nitrogens with zero attached hydrogens (tertiary/aromatic N) is 1. The maximum Gasteiger partial charge on any atom is 0.407 e. The summed E-state index contributed by atoms with van der Waals surface area (Å²) in [6.45, 7) is 0.0536. The number of carbonyl (C=O) groups excluding carboxylic acids is 1. The standard InChI is InChI=1S/C32H25N3O6S/c36-31(37)27(34-32(38)41-18-25-21-11-3-1-9-19(21)20-10-2-4-12-22(20)25)17-24-23-13-5-6-14-26(23)33-30(24)42-29-16-8-7-15-28(29)35(39)40/h1-16,25,27,33H,17-18H2,(H,34,38)(H,36,37). The molecule has 6 rings (SSSR count). The first-order chi connectivity index (χ1) is 20.4. The van der Waals surface area contributed by atoms with Gasteiger partial charge in [0.25, 0.3) is 5.69 Å². The van der Waals surface area contributed by atoms with E-state index >= 15 is 0 Å². The largest absolute Gasteiger partial charge is 0.480 e. The number of nitro benzene ring substituents is 1. The van der Waals surface area contributed by atoms with Crippen LogP contribution in [0.2, 0.25) is 0 Å². The average Bonchev–Trinajstić information content (AvgIpc) is 3.50. The fraction of sp³-hybridized carbons (Fsp3) is 0.125. The number of H-pyrrole nitrogens is 1.